The molecule has 1 aromatic carbocycles. The van der Waals surface area contributed by atoms with Gasteiger partial charge < -0.3 is 9.84 Å². The minimum atomic E-state index is -1.08. The normalized spacial score (nSPS) is 29.2. The van der Waals surface area contributed by atoms with Crippen molar-refractivity contribution in [3.05, 3.63) is 34.3 Å². The van der Waals surface area contributed by atoms with Gasteiger partial charge in [0.1, 0.15) is 0 Å². The predicted octanol–water partition coefficient (Wildman–Crippen LogP) is 3.82. The van der Waals surface area contributed by atoms with Crippen LogP contribution in [0.2, 0.25) is 0 Å². The lowest BCUT2D eigenvalue weighted by Gasteiger charge is -2.36. The summed E-state index contributed by atoms with van der Waals surface area (Å²) in [5.74, 6) is -0.471. The Hall–Kier alpha value is -0.380. The van der Waals surface area contributed by atoms with Crippen molar-refractivity contribution in [2.45, 2.75) is 38.4 Å². The van der Waals surface area contributed by atoms with Gasteiger partial charge in [0.15, 0.2) is 5.79 Å². The van der Waals surface area contributed by atoms with Crippen molar-refractivity contribution in [3.8, 4) is 0 Å². The van der Waals surface area contributed by atoms with Gasteiger partial charge in [-0.3, -0.25) is 0 Å². The smallest absolute Gasteiger partial charge is 0.192 e. The number of benzene rings is 1. The molecule has 1 aliphatic heterocycles. The van der Waals surface area contributed by atoms with E-state index in [1.165, 1.54) is 12.8 Å². The molecule has 2 rings (SSSR count). The molecule has 0 spiro atoms. The van der Waals surface area contributed by atoms with E-state index in [0.29, 0.717) is 18.9 Å². The summed E-state index contributed by atoms with van der Waals surface area (Å²) in [7, 11) is 0. The highest BCUT2D eigenvalue weighted by Gasteiger charge is 2.35. The average Bonchev–Trinajstić information content (AvgIpc) is 2.33. The van der Waals surface area contributed by atoms with Crippen molar-refractivity contribution >= 4 is 15.9 Å². The number of aliphatic hydroxyl groups is 1. The number of hydrogen-bond acceptors (Lipinski definition) is 2. The molecule has 1 fully saturated rings. The van der Waals surface area contributed by atoms with Crippen LogP contribution in [0.25, 0.3) is 0 Å². The average molecular weight is 299 g/mol. The molecule has 0 unspecified atom stereocenters. The van der Waals surface area contributed by atoms with E-state index in [4.69, 9.17) is 4.74 Å². The number of rotatable bonds is 3. The molecule has 17 heavy (non-hydrogen) atoms. The Kier molecular flexibility index (Phi) is 4.23. The molecule has 0 aromatic heterocycles. The van der Waals surface area contributed by atoms with E-state index in [-0.39, 0.29) is 0 Å². The molecule has 1 N–H and O–H groups in total. The van der Waals surface area contributed by atoms with Gasteiger partial charge in [-0.15, -0.1) is 0 Å². The first-order valence-electron chi connectivity index (χ1n) is 6.26. The summed E-state index contributed by atoms with van der Waals surface area (Å²) in [5.41, 5.74) is 0.857. The van der Waals surface area contributed by atoms with Crippen LogP contribution >= 0.6 is 15.9 Å². The molecule has 3 heteroatoms. The topological polar surface area (TPSA) is 29.5 Å². The first kappa shape index (κ1) is 13.1. The summed E-state index contributed by atoms with van der Waals surface area (Å²) in [6, 6.07) is 7.72. The van der Waals surface area contributed by atoms with E-state index < -0.39 is 5.79 Å². The van der Waals surface area contributed by atoms with Crippen LogP contribution in [0.3, 0.4) is 0 Å². The fourth-order valence-corrected chi connectivity index (χ4v) is 2.65. The standard InChI is InChI=1S/C14H19BrO2/c1-2-3-11-8-9-14(16,17-10-11)12-4-6-13(15)7-5-12/h4-7,11,16H,2-3,8-10H2,1H3/t11-,14-/m1/s1. The van der Waals surface area contributed by atoms with Crippen LogP contribution in [0.1, 0.15) is 38.2 Å². The van der Waals surface area contributed by atoms with Gasteiger partial charge in [-0.25, -0.2) is 0 Å². The molecule has 2 nitrogen and oxygen atoms in total. The first-order chi connectivity index (χ1) is 8.14. The molecule has 0 saturated carbocycles. The van der Waals surface area contributed by atoms with E-state index in [0.717, 1.165) is 16.5 Å². The van der Waals surface area contributed by atoms with Crippen LogP contribution in [0.5, 0.6) is 0 Å². The molecule has 1 aliphatic rings. The van der Waals surface area contributed by atoms with Crippen molar-refractivity contribution in [3.63, 3.8) is 0 Å². The summed E-state index contributed by atoms with van der Waals surface area (Å²) >= 11 is 3.39. The molecular formula is C14H19BrO2. The van der Waals surface area contributed by atoms with E-state index >= 15 is 0 Å². The fraction of sp³-hybridized carbons (Fsp3) is 0.571. The van der Waals surface area contributed by atoms with E-state index in [1.54, 1.807) is 0 Å². The molecule has 0 amide bonds. The number of ether oxygens (including phenoxy) is 1. The maximum atomic E-state index is 10.5. The summed E-state index contributed by atoms with van der Waals surface area (Å²) in [4.78, 5) is 0. The lowest BCUT2D eigenvalue weighted by atomic mass is 9.89. The molecule has 2 atom stereocenters. The van der Waals surface area contributed by atoms with Crippen LogP contribution < -0.4 is 0 Å². The Morgan fingerprint density at radius 1 is 1.41 bits per heavy atom. The largest absolute Gasteiger partial charge is 0.362 e. The third-order valence-corrected chi connectivity index (χ3v) is 3.97. The third-order valence-electron chi connectivity index (χ3n) is 3.44. The second kappa shape index (κ2) is 5.51. The second-order valence-electron chi connectivity index (χ2n) is 4.80. The van der Waals surface area contributed by atoms with Gasteiger partial charge in [-0.05, 0) is 30.9 Å². The van der Waals surface area contributed by atoms with Crippen molar-refractivity contribution < 1.29 is 9.84 Å². The Morgan fingerprint density at radius 3 is 2.65 bits per heavy atom. The molecular weight excluding hydrogens is 280 g/mol. The van der Waals surface area contributed by atoms with Gasteiger partial charge in [0, 0.05) is 16.5 Å². The minimum Gasteiger partial charge on any atom is -0.362 e. The summed E-state index contributed by atoms with van der Waals surface area (Å²) in [6.45, 7) is 2.86. The first-order valence-corrected chi connectivity index (χ1v) is 7.06. The van der Waals surface area contributed by atoms with Crippen molar-refractivity contribution in [1.29, 1.82) is 0 Å². The van der Waals surface area contributed by atoms with Gasteiger partial charge in [-0.2, -0.15) is 0 Å². The van der Waals surface area contributed by atoms with E-state index in [2.05, 4.69) is 22.9 Å². The Balaban J connectivity index is 2.04. The Bertz CT molecular complexity index is 353. The van der Waals surface area contributed by atoms with E-state index in [1.807, 2.05) is 24.3 Å². The van der Waals surface area contributed by atoms with Crippen molar-refractivity contribution in [2.75, 3.05) is 6.61 Å². The lowest BCUT2D eigenvalue weighted by Crippen LogP contribution is -2.36. The number of hydrogen-bond donors (Lipinski definition) is 1. The van der Waals surface area contributed by atoms with Crippen molar-refractivity contribution in [2.24, 2.45) is 5.92 Å². The zero-order chi connectivity index (χ0) is 12.3. The van der Waals surface area contributed by atoms with Gasteiger partial charge in [-0.1, -0.05) is 41.4 Å². The van der Waals surface area contributed by atoms with Gasteiger partial charge in [0.05, 0.1) is 6.61 Å². The SMILES string of the molecule is CCC[C@@H]1CC[C@](O)(c2ccc(Br)cc2)OC1. The monoisotopic (exact) mass is 298 g/mol. The van der Waals surface area contributed by atoms with Crippen LogP contribution in [0.4, 0.5) is 0 Å². The minimum absolute atomic E-state index is 0.607. The third kappa shape index (κ3) is 3.09. The molecule has 1 aromatic rings. The Morgan fingerprint density at radius 2 is 2.12 bits per heavy atom. The van der Waals surface area contributed by atoms with Crippen LogP contribution in [-0.4, -0.2) is 11.7 Å². The van der Waals surface area contributed by atoms with Crippen LogP contribution in [-0.2, 0) is 10.5 Å². The van der Waals surface area contributed by atoms with Crippen LogP contribution in [0.15, 0.2) is 28.7 Å². The quantitative estimate of drug-likeness (QED) is 0.919. The van der Waals surface area contributed by atoms with E-state index in [9.17, 15) is 5.11 Å². The fourth-order valence-electron chi connectivity index (χ4n) is 2.38. The maximum Gasteiger partial charge on any atom is 0.192 e. The van der Waals surface area contributed by atoms with Gasteiger partial charge in [0.25, 0.3) is 0 Å². The van der Waals surface area contributed by atoms with Gasteiger partial charge in [0.2, 0.25) is 0 Å². The molecule has 1 heterocycles. The maximum absolute atomic E-state index is 10.5. The predicted molar refractivity (Wildman–Crippen MR) is 71.6 cm³/mol. The summed E-state index contributed by atoms with van der Waals surface area (Å²) in [6.07, 6.45) is 4.11. The molecule has 0 radical (unpaired) electrons. The zero-order valence-corrected chi connectivity index (χ0v) is 11.7. The number of halogens is 1. The molecule has 1 saturated heterocycles. The molecule has 94 valence electrons. The molecule has 0 bridgehead atoms. The van der Waals surface area contributed by atoms with Gasteiger partial charge >= 0.3 is 0 Å². The summed E-state index contributed by atoms with van der Waals surface area (Å²) < 4.78 is 6.71. The van der Waals surface area contributed by atoms with Crippen LogP contribution in [0, 0.1) is 5.92 Å². The lowest BCUT2D eigenvalue weighted by molar-refractivity contribution is -0.245. The van der Waals surface area contributed by atoms with Crippen molar-refractivity contribution in [1.82, 2.24) is 0 Å². The highest BCUT2D eigenvalue weighted by atomic mass is 79.9. The molecule has 0 aliphatic carbocycles. The second-order valence-corrected chi connectivity index (χ2v) is 5.71. The Labute approximate surface area is 111 Å². The summed E-state index contributed by atoms with van der Waals surface area (Å²) in [5, 5.41) is 10.5. The zero-order valence-electron chi connectivity index (χ0n) is 10.2. The highest BCUT2D eigenvalue weighted by molar-refractivity contribution is 9.10. The highest BCUT2D eigenvalue weighted by Crippen LogP contribution is 2.36.